The van der Waals surface area contributed by atoms with E-state index < -0.39 is 11.5 Å². The molecule has 30 heavy (non-hydrogen) atoms. The molecule has 5 aromatic rings. The lowest BCUT2D eigenvalue weighted by atomic mass is 9.95. The molecule has 0 aliphatic rings. The molecule has 3 aromatic heterocycles. The number of hydrogen-bond donors (Lipinski definition) is 2. The molecule has 148 valence electrons. The van der Waals surface area contributed by atoms with Gasteiger partial charge in [-0.3, -0.25) is 4.79 Å². The molecule has 0 saturated carbocycles. The van der Waals surface area contributed by atoms with E-state index in [1.807, 2.05) is 48.5 Å². The van der Waals surface area contributed by atoms with Crippen LogP contribution < -0.4 is 5.56 Å². The van der Waals surface area contributed by atoms with Crippen molar-refractivity contribution in [1.29, 1.82) is 0 Å². The fourth-order valence-electron chi connectivity index (χ4n) is 3.62. The third-order valence-corrected chi connectivity index (χ3v) is 4.97. The Morgan fingerprint density at radius 2 is 1.73 bits per heavy atom. The Balaban J connectivity index is 1.68. The van der Waals surface area contributed by atoms with Crippen molar-refractivity contribution in [2.75, 3.05) is 0 Å². The number of fused-ring (bicyclic) bond motifs is 1. The average molecular weight is 402 g/mol. The average Bonchev–Trinajstić information content (AvgIpc) is 3.41. The van der Waals surface area contributed by atoms with E-state index in [1.54, 1.807) is 11.5 Å². The van der Waals surface area contributed by atoms with Crippen molar-refractivity contribution < 1.29 is 4.39 Å². The lowest BCUT2D eigenvalue weighted by Crippen LogP contribution is -2.15. The van der Waals surface area contributed by atoms with Crippen molar-refractivity contribution in [3.8, 4) is 22.5 Å². The van der Waals surface area contributed by atoms with Gasteiger partial charge in [-0.1, -0.05) is 48.5 Å². The van der Waals surface area contributed by atoms with Crippen molar-refractivity contribution in [1.82, 2.24) is 40.4 Å². The summed E-state index contributed by atoms with van der Waals surface area (Å²) in [4.78, 5) is 16.6. The van der Waals surface area contributed by atoms with Crippen LogP contribution in [0, 0.1) is 12.9 Å². The second-order valence-electron chi connectivity index (χ2n) is 6.72. The quantitative estimate of drug-likeness (QED) is 0.477. The van der Waals surface area contributed by atoms with E-state index in [1.165, 1.54) is 0 Å². The Bertz CT molecular complexity index is 1420. The van der Waals surface area contributed by atoms with Gasteiger partial charge in [0.05, 0.1) is 6.54 Å². The van der Waals surface area contributed by atoms with Gasteiger partial charge in [-0.15, -0.1) is 15.3 Å². The predicted molar refractivity (Wildman–Crippen MR) is 107 cm³/mol. The number of H-pyrrole nitrogens is 2. The maximum Gasteiger partial charge on any atom is 0.290 e. The molecule has 0 radical (unpaired) electrons. The van der Waals surface area contributed by atoms with Crippen LogP contribution in [-0.2, 0) is 6.54 Å². The maximum atomic E-state index is 14.1. The second-order valence-corrected chi connectivity index (χ2v) is 6.72. The number of aromatic amines is 2. The summed E-state index contributed by atoms with van der Waals surface area (Å²) < 4.78 is 15.8. The first-order valence-electron chi connectivity index (χ1n) is 9.15. The minimum atomic E-state index is -0.804. The molecular weight excluding hydrogens is 387 g/mol. The molecule has 0 unspecified atom stereocenters. The summed E-state index contributed by atoms with van der Waals surface area (Å²) in [6, 6.07) is 15.5. The predicted octanol–water partition coefficient (Wildman–Crippen LogP) is 2.46. The van der Waals surface area contributed by atoms with Crippen molar-refractivity contribution in [2.45, 2.75) is 13.5 Å². The summed E-state index contributed by atoms with van der Waals surface area (Å²) in [6.07, 6.45) is 0. The Kier molecular flexibility index (Phi) is 4.16. The smallest absolute Gasteiger partial charge is 0.290 e. The first kappa shape index (κ1) is 17.9. The third kappa shape index (κ3) is 2.85. The number of tetrazole rings is 1. The van der Waals surface area contributed by atoms with Crippen LogP contribution in [0.15, 0.2) is 53.3 Å². The SMILES string of the molecule is Cc1nc2c(F)n[nH]c(=O)c2n1Cc1ccccc1-c1ccccc1-c1nn[nH]n1. The van der Waals surface area contributed by atoms with Crippen LogP contribution in [0.5, 0.6) is 0 Å². The van der Waals surface area contributed by atoms with Gasteiger partial charge in [0.25, 0.3) is 11.5 Å². The number of aryl methyl sites for hydroxylation is 1. The Morgan fingerprint density at radius 1 is 1.00 bits per heavy atom. The molecule has 2 aromatic carbocycles. The summed E-state index contributed by atoms with van der Waals surface area (Å²) in [5.41, 5.74) is 3.22. The number of hydrogen-bond acceptors (Lipinski definition) is 6. The van der Waals surface area contributed by atoms with Gasteiger partial charge < -0.3 is 4.57 Å². The van der Waals surface area contributed by atoms with Crippen LogP contribution in [0.4, 0.5) is 4.39 Å². The molecule has 0 fully saturated rings. The van der Waals surface area contributed by atoms with Gasteiger partial charge in [0, 0.05) is 5.56 Å². The zero-order chi connectivity index (χ0) is 20.7. The zero-order valence-corrected chi connectivity index (χ0v) is 15.8. The van der Waals surface area contributed by atoms with Gasteiger partial charge in [0.1, 0.15) is 11.3 Å². The Hall–Kier alpha value is -4.21. The number of nitrogens with zero attached hydrogens (tertiary/aromatic N) is 6. The lowest BCUT2D eigenvalue weighted by Gasteiger charge is -2.14. The van der Waals surface area contributed by atoms with E-state index in [-0.39, 0.29) is 11.0 Å². The van der Waals surface area contributed by atoms with E-state index in [4.69, 9.17) is 0 Å². The highest BCUT2D eigenvalue weighted by molar-refractivity contribution is 5.82. The molecule has 3 heterocycles. The normalized spacial score (nSPS) is 11.3. The summed E-state index contributed by atoms with van der Waals surface area (Å²) >= 11 is 0. The van der Waals surface area contributed by atoms with Crippen molar-refractivity contribution in [3.63, 3.8) is 0 Å². The van der Waals surface area contributed by atoms with E-state index in [9.17, 15) is 9.18 Å². The van der Waals surface area contributed by atoms with Crippen LogP contribution in [0.3, 0.4) is 0 Å². The topological polar surface area (TPSA) is 118 Å². The first-order valence-corrected chi connectivity index (χ1v) is 9.15. The number of benzene rings is 2. The van der Waals surface area contributed by atoms with Gasteiger partial charge in [-0.05, 0) is 28.8 Å². The molecule has 10 heteroatoms. The highest BCUT2D eigenvalue weighted by atomic mass is 19.1. The molecular formula is C20H15FN8O. The van der Waals surface area contributed by atoms with Crippen LogP contribution in [0.25, 0.3) is 33.5 Å². The van der Waals surface area contributed by atoms with Crippen molar-refractivity contribution in [3.05, 3.63) is 76.2 Å². The number of nitrogens with one attached hydrogen (secondary N) is 2. The summed E-state index contributed by atoms with van der Waals surface area (Å²) in [5, 5.41) is 19.9. The summed E-state index contributed by atoms with van der Waals surface area (Å²) in [5.74, 6) is 0.195. The Labute approximate surface area is 168 Å². The number of aromatic nitrogens is 8. The van der Waals surface area contributed by atoms with Crippen LogP contribution in [0.1, 0.15) is 11.4 Å². The fourth-order valence-corrected chi connectivity index (χ4v) is 3.62. The number of halogens is 1. The molecule has 0 saturated heterocycles. The van der Waals surface area contributed by atoms with E-state index in [0.717, 1.165) is 22.3 Å². The Morgan fingerprint density at radius 3 is 2.50 bits per heavy atom. The van der Waals surface area contributed by atoms with Gasteiger partial charge in [-0.25, -0.2) is 10.1 Å². The van der Waals surface area contributed by atoms with Crippen molar-refractivity contribution >= 4 is 11.0 Å². The van der Waals surface area contributed by atoms with Gasteiger partial charge in [0.15, 0.2) is 5.52 Å². The highest BCUT2D eigenvalue weighted by Gasteiger charge is 2.18. The standard InChI is InChI=1S/C20H15FN8O/c1-11-22-16-17(20(30)26-23-18(16)21)29(11)10-12-6-2-3-7-13(12)14-8-4-5-9-15(14)19-24-27-28-25-19/h2-9H,10H2,1H3,(H,26,30)(H,24,25,27,28). The number of imidazole rings is 1. The molecule has 0 aliphatic carbocycles. The maximum absolute atomic E-state index is 14.1. The molecule has 0 aliphatic heterocycles. The minimum Gasteiger partial charge on any atom is -0.319 e. The van der Waals surface area contributed by atoms with E-state index in [0.29, 0.717) is 18.2 Å². The summed E-state index contributed by atoms with van der Waals surface area (Å²) in [6.45, 7) is 2.06. The van der Waals surface area contributed by atoms with Crippen LogP contribution >= 0.6 is 0 Å². The monoisotopic (exact) mass is 402 g/mol. The molecule has 0 atom stereocenters. The molecule has 0 amide bonds. The van der Waals surface area contributed by atoms with E-state index >= 15 is 0 Å². The van der Waals surface area contributed by atoms with Gasteiger partial charge in [0.2, 0.25) is 5.82 Å². The molecule has 2 N–H and O–H groups in total. The first-order chi connectivity index (χ1) is 14.6. The van der Waals surface area contributed by atoms with Gasteiger partial charge >= 0.3 is 0 Å². The molecule has 9 nitrogen and oxygen atoms in total. The minimum absolute atomic E-state index is 0.0408. The molecule has 0 bridgehead atoms. The molecule has 0 spiro atoms. The van der Waals surface area contributed by atoms with Crippen LogP contribution in [0.2, 0.25) is 0 Å². The molecule has 5 rings (SSSR count). The lowest BCUT2D eigenvalue weighted by molar-refractivity contribution is 0.571. The number of rotatable bonds is 4. The van der Waals surface area contributed by atoms with Crippen molar-refractivity contribution in [2.24, 2.45) is 0 Å². The third-order valence-electron chi connectivity index (χ3n) is 4.97. The highest BCUT2D eigenvalue weighted by Crippen LogP contribution is 2.32. The largest absolute Gasteiger partial charge is 0.319 e. The summed E-state index contributed by atoms with van der Waals surface area (Å²) in [7, 11) is 0. The zero-order valence-electron chi connectivity index (χ0n) is 15.8. The second kappa shape index (κ2) is 6.99. The van der Waals surface area contributed by atoms with E-state index in [2.05, 4.69) is 35.8 Å². The van der Waals surface area contributed by atoms with Crippen LogP contribution in [-0.4, -0.2) is 40.4 Å². The fraction of sp³-hybridized carbons (Fsp3) is 0.100. The van der Waals surface area contributed by atoms with Gasteiger partial charge in [-0.2, -0.15) is 9.60 Å².